The SMILES string of the molecule is COC(=O)/C(C#N)=C/Nc1ccc(C(=O)NC(C)c2ccccc2)cc1. The quantitative estimate of drug-likeness (QED) is 0.475. The summed E-state index contributed by atoms with van der Waals surface area (Å²) in [4.78, 5) is 23.7. The number of nitrogens with zero attached hydrogens (tertiary/aromatic N) is 1. The van der Waals surface area contributed by atoms with Crippen molar-refractivity contribution in [3.05, 3.63) is 77.5 Å². The number of ether oxygens (including phenoxy) is 1. The van der Waals surface area contributed by atoms with E-state index in [2.05, 4.69) is 15.4 Å². The van der Waals surface area contributed by atoms with E-state index in [-0.39, 0.29) is 17.5 Å². The Hall–Kier alpha value is -3.59. The van der Waals surface area contributed by atoms with Crippen LogP contribution in [0.1, 0.15) is 28.9 Å². The molecule has 1 unspecified atom stereocenters. The maximum Gasteiger partial charge on any atom is 0.350 e. The summed E-state index contributed by atoms with van der Waals surface area (Å²) in [6, 6.07) is 18.0. The van der Waals surface area contributed by atoms with Crippen molar-refractivity contribution >= 4 is 17.6 Å². The Morgan fingerprint density at radius 1 is 1.12 bits per heavy atom. The molecule has 0 heterocycles. The van der Waals surface area contributed by atoms with Gasteiger partial charge in [-0.1, -0.05) is 30.3 Å². The third-order valence-electron chi connectivity index (χ3n) is 3.70. The van der Waals surface area contributed by atoms with E-state index in [1.807, 2.05) is 37.3 Å². The molecule has 0 saturated heterocycles. The lowest BCUT2D eigenvalue weighted by Gasteiger charge is -2.14. The molecular weight excluding hydrogens is 330 g/mol. The number of methoxy groups -OCH3 is 1. The topological polar surface area (TPSA) is 91.2 Å². The van der Waals surface area contributed by atoms with Crippen LogP contribution in [-0.2, 0) is 9.53 Å². The lowest BCUT2D eigenvalue weighted by atomic mass is 10.1. The molecule has 2 aromatic rings. The van der Waals surface area contributed by atoms with E-state index in [0.717, 1.165) is 5.56 Å². The second-order valence-corrected chi connectivity index (χ2v) is 5.49. The van der Waals surface area contributed by atoms with Crippen LogP contribution in [-0.4, -0.2) is 19.0 Å². The number of rotatable bonds is 6. The van der Waals surface area contributed by atoms with E-state index in [9.17, 15) is 9.59 Å². The molecule has 132 valence electrons. The Kier molecular flexibility index (Phi) is 6.52. The molecule has 2 aromatic carbocycles. The fraction of sp³-hybridized carbons (Fsp3) is 0.150. The maximum absolute atomic E-state index is 12.3. The number of hydrogen-bond acceptors (Lipinski definition) is 5. The Bertz CT molecular complexity index is 837. The van der Waals surface area contributed by atoms with Gasteiger partial charge in [-0.2, -0.15) is 5.26 Å². The third-order valence-corrected chi connectivity index (χ3v) is 3.70. The molecule has 6 heteroatoms. The van der Waals surface area contributed by atoms with E-state index in [1.165, 1.54) is 13.3 Å². The standard InChI is InChI=1S/C20H19N3O3/c1-14(15-6-4-3-5-7-15)23-19(24)16-8-10-18(11-9-16)22-13-17(12-21)20(25)26-2/h3-11,13-14,22H,1-2H3,(H,23,24)/b17-13+. The minimum atomic E-state index is -0.717. The Morgan fingerprint density at radius 3 is 2.35 bits per heavy atom. The van der Waals surface area contributed by atoms with Gasteiger partial charge in [-0.05, 0) is 36.8 Å². The highest BCUT2D eigenvalue weighted by molar-refractivity contribution is 5.95. The predicted molar refractivity (Wildman–Crippen MR) is 98.1 cm³/mol. The van der Waals surface area contributed by atoms with Crippen LogP contribution in [0.2, 0.25) is 0 Å². The largest absolute Gasteiger partial charge is 0.465 e. The van der Waals surface area contributed by atoms with Crippen molar-refractivity contribution in [3.8, 4) is 6.07 Å². The van der Waals surface area contributed by atoms with Crippen LogP contribution < -0.4 is 10.6 Å². The van der Waals surface area contributed by atoms with Gasteiger partial charge in [0.2, 0.25) is 0 Å². The Morgan fingerprint density at radius 2 is 1.77 bits per heavy atom. The summed E-state index contributed by atoms with van der Waals surface area (Å²) in [5, 5.41) is 14.7. The molecule has 0 fully saturated rings. The number of nitrogens with one attached hydrogen (secondary N) is 2. The maximum atomic E-state index is 12.3. The lowest BCUT2D eigenvalue weighted by Crippen LogP contribution is -2.26. The van der Waals surface area contributed by atoms with Gasteiger partial charge in [-0.3, -0.25) is 4.79 Å². The van der Waals surface area contributed by atoms with Crippen LogP contribution in [0.25, 0.3) is 0 Å². The zero-order chi connectivity index (χ0) is 18.9. The van der Waals surface area contributed by atoms with Gasteiger partial charge >= 0.3 is 5.97 Å². The molecule has 0 aliphatic heterocycles. The number of carbonyl (C=O) groups is 2. The van der Waals surface area contributed by atoms with Gasteiger partial charge in [-0.15, -0.1) is 0 Å². The average Bonchev–Trinajstić information content (AvgIpc) is 2.69. The van der Waals surface area contributed by atoms with Crippen LogP contribution in [0.4, 0.5) is 5.69 Å². The first-order valence-corrected chi connectivity index (χ1v) is 7.96. The van der Waals surface area contributed by atoms with Gasteiger partial charge in [0, 0.05) is 17.5 Å². The first kappa shape index (κ1) is 18.7. The van der Waals surface area contributed by atoms with Gasteiger partial charge < -0.3 is 15.4 Å². The molecule has 2 rings (SSSR count). The predicted octanol–water partition coefficient (Wildman–Crippen LogP) is 3.17. The second kappa shape index (κ2) is 9.04. The molecule has 0 saturated carbocycles. The summed E-state index contributed by atoms with van der Waals surface area (Å²) in [5.41, 5.74) is 2.02. The smallest absolute Gasteiger partial charge is 0.350 e. The Balaban J connectivity index is 2.00. The molecule has 0 spiro atoms. The summed E-state index contributed by atoms with van der Waals surface area (Å²) < 4.78 is 4.49. The van der Waals surface area contributed by atoms with E-state index < -0.39 is 5.97 Å². The molecule has 0 bridgehead atoms. The molecule has 26 heavy (non-hydrogen) atoms. The molecule has 1 atom stereocenters. The molecular formula is C20H19N3O3. The summed E-state index contributed by atoms with van der Waals surface area (Å²) in [7, 11) is 1.21. The zero-order valence-electron chi connectivity index (χ0n) is 14.5. The van der Waals surface area contributed by atoms with Crippen molar-refractivity contribution in [3.63, 3.8) is 0 Å². The third kappa shape index (κ3) is 4.95. The van der Waals surface area contributed by atoms with Gasteiger partial charge in [0.25, 0.3) is 5.91 Å². The van der Waals surface area contributed by atoms with E-state index in [4.69, 9.17) is 5.26 Å². The highest BCUT2D eigenvalue weighted by Gasteiger charge is 2.11. The first-order chi connectivity index (χ1) is 12.5. The van der Waals surface area contributed by atoms with Gasteiger partial charge in [0.1, 0.15) is 6.07 Å². The molecule has 0 radical (unpaired) electrons. The van der Waals surface area contributed by atoms with Crippen LogP contribution in [0.5, 0.6) is 0 Å². The van der Waals surface area contributed by atoms with Crippen LogP contribution >= 0.6 is 0 Å². The van der Waals surface area contributed by atoms with E-state index in [0.29, 0.717) is 11.3 Å². The summed E-state index contributed by atoms with van der Waals surface area (Å²) >= 11 is 0. The molecule has 0 aliphatic carbocycles. The van der Waals surface area contributed by atoms with Crippen molar-refractivity contribution in [1.82, 2.24) is 5.32 Å². The second-order valence-electron chi connectivity index (χ2n) is 5.49. The molecule has 0 aromatic heterocycles. The highest BCUT2D eigenvalue weighted by Crippen LogP contribution is 2.14. The van der Waals surface area contributed by atoms with Crippen molar-refractivity contribution in [2.75, 3.05) is 12.4 Å². The molecule has 1 amide bonds. The highest BCUT2D eigenvalue weighted by atomic mass is 16.5. The minimum absolute atomic E-state index is 0.109. The number of anilines is 1. The molecule has 0 aliphatic rings. The number of hydrogen-bond donors (Lipinski definition) is 2. The minimum Gasteiger partial charge on any atom is -0.465 e. The lowest BCUT2D eigenvalue weighted by molar-refractivity contribution is -0.135. The molecule has 6 nitrogen and oxygen atoms in total. The van der Waals surface area contributed by atoms with Gasteiger partial charge in [-0.25, -0.2) is 4.79 Å². The number of carbonyl (C=O) groups excluding carboxylic acids is 2. The summed E-state index contributed by atoms with van der Waals surface area (Å²) in [5.74, 6) is -0.901. The first-order valence-electron chi connectivity index (χ1n) is 7.96. The van der Waals surface area contributed by atoms with Crippen molar-refractivity contribution in [1.29, 1.82) is 5.26 Å². The Labute approximate surface area is 152 Å². The monoisotopic (exact) mass is 349 g/mol. The fourth-order valence-electron chi connectivity index (χ4n) is 2.23. The summed E-state index contributed by atoms with van der Waals surface area (Å²) in [6.07, 6.45) is 1.26. The fourth-order valence-corrected chi connectivity index (χ4v) is 2.23. The van der Waals surface area contributed by atoms with Crippen molar-refractivity contribution in [2.24, 2.45) is 0 Å². The zero-order valence-corrected chi connectivity index (χ0v) is 14.5. The number of amides is 1. The van der Waals surface area contributed by atoms with Gasteiger partial charge in [0.05, 0.1) is 13.2 Å². The van der Waals surface area contributed by atoms with Crippen molar-refractivity contribution in [2.45, 2.75) is 13.0 Å². The average molecular weight is 349 g/mol. The van der Waals surface area contributed by atoms with Crippen LogP contribution in [0.15, 0.2) is 66.4 Å². The van der Waals surface area contributed by atoms with Crippen LogP contribution in [0, 0.1) is 11.3 Å². The van der Waals surface area contributed by atoms with Crippen molar-refractivity contribution < 1.29 is 14.3 Å². The number of nitriles is 1. The number of benzene rings is 2. The van der Waals surface area contributed by atoms with E-state index >= 15 is 0 Å². The molecule has 2 N–H and O–H groups in total. The van der Waals surface area contributed by atoms with Crippen LogP contribution in [0.3, 0.4) is 0 Å². The normalized spacial score (nSPS) is 11.8. The summed E-state index contributed by atoms with van der Waals surface area (Å²) in [6.45, 7) is 1.92. The number of esters is 1. The van der Waals surface area contributed by atoms with Gasteiger partial charge in [0.15, 0.2) is 5.57 Å². The van der Waals surface area contributed by atoms with E-state index in [1.54, 1.807) is 30.3 Å².